The Labute approximate surface area is 103 Å². The summed E-state index contributed by atoms with van der Waals surface area (Å²) in [5.41, 5.74) is 1.34. The van der Waals surface area contributed by atoms with Crippen molar-refractivity contribution in [2.45, 2.75) is 26.4 Å². The summed E-state index contributed by atoms with van der Waals surface area (Å²) in [5.74, 6) is 0. The van der Waals surface area contributed by atoms with Crippen LogP contribution >= 0.6 is 0 Å². The van der Waals surface area contributed by atoms with Gasteiger partial charge in [0.15, 0.2) is 0 Å². The van der Waals surface area contributed by atoms with E-state index in [0.29, 0.717) is 18.3 Å². The topological polar surface area (TPSA) is 62.3 Å². The quantitative estimate of drug-likeness (QED) is 0.854. The Morgan fingerprint density at radius 1 is 1.47 bits per heavy atom. The first-order chi connectivity index (χ1) is 7.82. The molecular weight excluding hydrogens is 238 g/mol. The molecule has 0 radical (unpaired) electrons. The van der Waals surface area contributed by atoms with Gasteiger partial charge in [-0.1, -0.05) is 13.8 Å². The molecule has 1 aromatic rings. The van der Waals surface area contributed by atoms with E-state index in [4.69, 9.17) is 0 Å². The molecule has 0 spiro atoms. The zero-order valence-electron chi connectivity index (χ0n) is 10.6. The van der Waals surface area contributed by atoms with Crippen molar-refractivity contribution >= 4 is 15.7 Å². The molecule has 1 rings (SSSR count). The molecule has 0 aromatic carbocycles. The Morgan fingerprint density at radius 3 is 2.65 bits per heavy atom. The summed E-state index contributed by atoms with van der Waals surface area (Å²) < 4.78 is 24.2. The van der Waals surface area contributed by atoms with Crippen LogP contribution in [0.3, 0.4) is 0 Å². The molecule has 0 saturated heterocycles. The zero-order chi connectivity index (χ0) is 13.1. The Kier molecular flexibility index (Phi) is 4.47. The Hall–Kier alpha value is -1.14. The van der Waals surface area contributed by atoms with E-state index in [-0.39, 0.29) is 0 Å². The summed E-state index contributed by atoms with van der Waals surface area (Å²) in [4.78, 5) is 4.22. The van der Waals surface area contributed by atoms with E-state index in [0.717, 1.165) is 5.69 Å². The minimum Gasteiger partial charge on any atom is -0.309 e. The molecule has 0 aliphatic carbocycles. The molecule has 0 fully saturated rings. The summed E-state index contributed by atoms with van der Waals surface area (Å²) >= 11 is 0. The van der Waals surface area contributed by atoms with Crippen LogP contribution in [-0.2, 0) is 16.6 Å². The monoisotopic (exact) mass is 257 g/mol. The zero-order valence-corrected chi connectivity index (χ0v) is 11.5. The maximum absolute atomic E-state index is 11.5. The largest absolute Gasteiger partial charge is 0.309 e. The van der Waals surface area contributed by atoms with Crippen molar-refractivity contribution in [3.63, 3.8) is 0 Å². The summed E-state index contributed by atoms with van der Waals surface area (Å²) in [7, 11) is -1.72. The number of hydrogen-bond acceptors (Lipinski definition) is 4. The van der Waals surface area contributed by atoms with E-state index in [1.807, 2.05) is 13.8 Å². The fraction of sp³-hybridized carbons (Fsp3) is 0.545. The lowest BCUT2D eigenvalue weighted by atomic mass is 10.2. The van der Waals surface area contributed by atoms with Crippen molar-refractivity contribution in [2.24, 2.45) is 0 Å². The van der Waals surface area contributed by atoms with Crippen LogP contribution in [0.4, 0.5) is 5.69 Å². The van der Waals surface area contributed by atoms with Crippen molar-refractivity contribution < 1.29 is 8.42 Å². The van der Waals surface area contributed by atoms with E-state index in [1.54, 1.807) is 18.3 Å². The Bertz CT molecular complexity index is 471. The van der Waals surface area contributed by atoms with Gasteiger partial charge >= 0.3 is 0 Å². The number of nitrogens with one attached hydrogen (secondary N) is 1. The SMILES string of the molecule is CC(C)NCc1ncccc1N(C)S(C)(=O)=O. The predicted molar refractivity (Wildman–Crippen MR) is 69.5 cm³/mol. The number of pyridine rings is 1. The number of sulfonamides is 1. The van der Waals surface area contributed by atoms with Gasteiger partial charge < -0.3 is 5.32 Å². The molecule has 0 saturated carbocycles. The van der Waals surface area contributed by atoms with E-state index < -0.39 is 10.0 Å². The predicted octanol–water partition coefficient (Wildman–Crippen LogP) is 0.975. The molecule has 0 aliphatic rings. The number of aromatic nitrogens is 1. The van der Waals surface area contributed by atoms with Gasteiger partial charge in [-0.3, -0.25) is 9.29 Å². The number of rotatable bonds is 5. The molecule has 0 amide bonds. The lowest BCUT2D eigenvalue weighted by molar-refractivity contribution is 0.580. The van der Waals surface area contributed by atoms with Gasteiger partial charge in [-0.2, -0.15) is 0 Å². The Balaban J connectivity index is 3.00. The highest BCUT2D eigenvalue weighted by Gasteiger charge is 2.16. The average molecular weight is 257 g/mol. The lowest BCUT2D eigenvalue weighted by Gasteiger charge is -2.20. The number of nitrogens with zero attached hydrogens (tertiary/aromatic N) is 2. The Morgan fingerprint density at radius 2 is 2.12 bits per heavy atom. The highest BCUT2D eigenvalue weighted by Crippen LogP contribution is 2.19. The van der Waals surface area contributed by atoms with Crippen LogP contribution in [0, 0.1) is 0 Å². The molecule has 17 heavy (non-hydrogen) atoms. The summed E-state index contributed by atoms with van der Waals surface area (Å²) in [6, 6.07) is 3.81. The van der Waals surface area contributed by atoms with Crippen molar-refractivity contribution in [3.05, 3.63) is 24.0 Å². The molecule has 1 N–H and O–H groups in total. The minimum atomic E-state index is -3.25. The van der Waals surface area contributed by atoms with Gasteiger partial charge in [0, 0.05) is 25.8 Å². The van der Waals surface area contributed by atoms with Crippen molar-refractivity contribution in [1.29, 1.82) is 0 Å². The molecule has 0 unspecified atom stereocenters. The van der Waals surface area contributed by atoms with Crippen LogP contribution in [0.1, 0.15) is 19.5 Å². The van der Waals surface area contributed by atoms with E-state index >= 15 is 0 Å². The van der Waals surface area contributed by atoms with Crippen LogP contribution < -0.4 is 9.62 Å². The van der Waals surface area contributed by atoms with Crippen LogP contribution in [0.2, 0.25) is 0 Å². The molecular formula is C11H19N3O2S. The highest BCUT2D eigenvalue weighted by molar-refractivity contribution is 7.92. The third-order valence-electron chi connectivity index (χ3n) is 2.38. The lowest BCUT2D eigenvalue weighted by Crippen LogP contribution is -2.28. The highest BCUT2D eigenvalue weighted by atomic mass is 32.2. The van der Waals surface area contributed by atoms with Crippen LogP contribution in [0.15, 0.2) is 18.3 Å². The number of hydrogen-bond donors (Lipinski definition) is 1. The standard InChI is InChI=1S/C11H19N3O2S/c1-9(2)13-8-10-11(6-5-7-12-10)14(3)17(4,15)16/h5-7,9,13H,8H2,1-4H3. The second-order valence-electron chi connectivity index (χ2n) is 4.24. The smallest absolute Gasteiger partial charge is 0.232 e. The summed E-state index contributed by atoms with van der Waals surface area (Å²) in [6.45, 7) is 4.61. The first-order valence-electron chi connectivity index (χ1n) is 5.43. The molecule has 1 aromatic heterocycles. The van der Waals surface area contributed by atoms with Crippen molar-refractivity contribution in [1.82, 2.24) is 10.3 Å². The molecule has 6 heteroatoms. The molecule has 96 valence electrons. The van der Waals surface area contributed by atoms with Gasteiger partial charge in [0.05, 0.1) is 17.6 Å². The third kappa shape index (κ3) is 3.98. The van der Waals surface area contributed by atoms with Gasteiger partial charge in [0.2, 0.25) is 10.0 Å². The molecule has 0 aliphatic heterocycles. The van der Waals surface area contributed by atoms with Crippen molar-refractivity contribution in [3.8, 4) is 0 Å². The van der Waals surface area contributed by atoms with E-state index in [9.17, 15) is 8.42 Å². The average Bonchev–Trinajstić information content (AvgIpc) is 2.24. The van der Waals surface area contributed by atoms with Gasteiger partial charge in [-0.15, -0.1) is 0 Å². The van der Waals surface area contributed by atoms with Gasteiger partial charge in [0.25, 0.3) is 0 Å². The molecule has 5 nitrogen and oxygen atoms in total. The fourth-order valence-electron chi connectivity index (χ4n) is 1.33. The fourth-order valence-corrected chi connectivity index (χ4v) is 1.86. The van der Waals surface area contributed by atoms with E-state index in [1.165, 1.54) is 17.6 Å². The van der Waals surface area contributed by atoms with Crippen LogP contribution in [-0.4, -0.2) is 32.7 Å². The summed E-state index contributed by atoms with van der Waals surface area (Å²) in [5, 5.41) is 3.22. The minimum absolute atomic E-state index is 0.327. The molecule has 0 atom stereocenters. The van der Waals surface area contributed by atoms with Crippen LogP contribution in [0.5, 0.6) is 0 Å². The van der Waals surface area contributed by atoms with Crippen LogP contribution in [0.25, 0.3) is 0 Å². The van der Waals surface area contributed by atoms with Gasteiger partial charge in [0.1, 0.15) is 0 Å². The molecule has 1 heterocycles. The first kappa shape index (κ1) is 13.9. The second-order valence-corrected chi connectivity index (χ2v) is 6.25. The first-order valence-corrected chi connectivity index (χ1v) is 7.28. The summed E-state index contributed by atoms with van der Waals surface area (Å²) in [6.07, 6.45) is 2.84. The van der Waals surface area contributed by atoms with Crippen molar-refractivity contribution in [2.75, 3.05) is 17.6 Å². The third-order valence-corrected chi connectivity index (χ3v) is 3.57. The number of anilines is 1. The maximum atomic E-state index is 11.5. The second kappa shape index (κ2) is 5.46. The normalized spacial score (nSPS) is 11.8. The van der Waals surface area contributed by atoms with Gasteiger partial charge in [-0.25, -0.2) is 8.42 Å². The van der Waals surface area contributed by atoms with Gasteiger partial charge in [-0.05, 0) is 12.1 Å². The van der Waals surface area contributed by atoms with E-state index in [2.05, 4.69) is 10.3 Å². The molecule has 0 bridgehead atoms. The maximum Gasteiger partial charge on any atom is 0.232 e.